The van der Waals surface area contributed by atoms with Crippen molar-refractivity contribution < 1.29 is 4.79 Å². The van der Waals surface area contributed by atoms with Crippen LogP contribution in [0.2, 0.25) is 0 Å². The highest BCUT2D eigenvalue weighted by molar-refractivity contribution is 5.76. The molecule has 2 nitrogen and oxygen atoms in total. The second-order valence-electron chi connectivity index (χ2n) is 4.33. The molecule has 1 heterocycles. The van der Waals surface area contributed by atoms with Crippen LogP contribution in [0.4, 0.5) is 0 Å². The molecule has 2 heteroatoms. The predicted molar refractivity (Wildman–Crippen MR) is 54.4 cm³/mol. The van der Waals surface area contributed by atoms with Crippen molar-refractivity contribution in [1.29, 1.82) is 0 Å². The van der Waals surface area contributed by atoms with Gasteiger partial charge in [0.15, 0.2) is 0 Å². The molecule has 0 spiro atoms. The van der Waals surface area contributed by atoms with Crippen molar-refractivity contribution in [2.45, 2.75) is 39.5 Å². The molecule has 1 rings (SSSR count). The molecule has 13 heavy (non-hydrogen) atoms. The van der Waals surface area contributed by atoms with Crippen molar-refractivity contribution in [2.75, 3.05) is 13.6 Å². The van der Waals surface area contributed by atoms with Gasteiger partial charge in [0.25, 0.3) is 0 Å². The maximum atomic E-state index is 11.4. The van der Waals surface area contributed by atoms with Crippen molar-refractivity contribution in [3.05, 3.63) is 0 Å². The van der Waals surface area contributed by atoms with Crippen LogP contribution >= 0.6 is 0 Å². The predicted octanol–water partition coefficient (Wildman–Crippen LogP) is 2.29. The van der Waals surface area contributed by atoms with Crippen LogP contribution in [-0.4, -0.2) is 24.4 Å². The van der Waals surface area contributed by atoms with Crippen LogP contribution in [0.15, 0.2) is 0 Å². The zero-order valence-electron chi connectivity index (χ0n) is 9.05. The Kier molecular flexibility index (Phi) is 3.76. The van der Waals surface area contributed by atoms with E-state index in [0.717, 1.165) is 18.9 Å². The van der Waals surface area contributed by atoms with Gasteiger partial charge in [-0.2, -0.15) is 0 Å². The summed E-state index contributed by atoms with van der Waals surface area (Å²) in [6, 6.07) is 0. The lowest BCUT2D eigenvalue weighted by Crippen LogP contribution is -2.37. The number of hydrogen-bond donors (Lipinski definition) is 0. The molecule has 2 unspecified atom stereocenters. The molecule has 0 aromatic carbocycles. The van der Waals surface area contributed by atoms with Gasteiger partial charge in [-0.15, -0.1) is 0 Å². The minimum absolute atomic E-state index is 0.333. The Labute approximate surface area is 81.3 Å². The van der Waals surface area contributed by atoms with Crippen LogP contribution < -0.4 is 0 Å². The molecular formula is C11H21NO. The standard InChI is InChI=1S/C11H21NO/c1-4-5-9(2)10-6-7-12(3)11(13)8-10/h9-10H,4-8H2,1-3H3. The van der Waals surface area contributed by atoms with E-state index >= 15 is 0 Å². The van der Waals surface area contributed by atoms with Crippen LogP contribution in [0.3, 0.4) is 0 Å². The minimum Gasteiger partial charge on any atom is -0.346 e. The topological polar surface area (TPSA) is 20.3 Å². The highest BCUT2D eigenvalue weighted by Crippen LogP contribution is 2.27. The minimum atomic E-state index is 0.333. The van der Waals surface area contributed by atoms with E-state index in [9.17, 15) is 4.79 Å². The number of carbonyl (C=O) groups excluding carboxylic acids is 1. The third-order valence-electron chi connectivity index (χ3n) is 3.25. The van der Waals surface area contributed by atoms with Crippen LogP contribution in [0.25, 0.3) is 0 Å². The third kappa shape index (κ3) is 2.71. The van der Waals surface area contributed by atoms with Gasteiger partial charge in [-0.05, 0) is 18.3 Å². The van der Waals surface area contributed by atoms with Crippen LogP contribution in [0, 0.1) is 11.8 Å². The summed E-state index contributed by atoms with van der Waals surface area (Å²) < 4.78 is 0. The van der Waals surface area contributed by atoms with Gasteiger partial charge < -0.3 is 4.90 Å². The monoisotopic (exact) mass is 183 g/mol. The van der Waals surface area contributed by atoms with Gasteiger partial charge >= 0.3 is 0 Å². The molecule has 0 radical (unpaired) electrons. The molecule has 0 aliphatic carbocycles. The SMILES string of the molecule is CCCC(C)C1CCN(C)C(=O)C1. The van der Waals surface area contributed by atoms with Gasteiger partial charge in [0.1, 0.15) is 0 Å². The second-order valence-corrected chi connectivity index (χ2v) is 4.33. The summed E-state index contributed by atoms with van der Waals surface area (Å²) in [5.74, 6) is 1.70. The molecule has 0 saturated carbocycles. The van der Waals surface area contributed by atoms with Crippen molar-refractivity contribution in [3.63, 3.8) is 0 Å². The molecule has 2 atom stereocenters. The van der Waals surface area contributed by atoms with E-state index < -0.39 is 0 Å². The largest absolute Gasteiger partial charge is 0.346 e. The molecule has 0 bridgehead atoms. The number of piperidine rings is 1. The molecule has 1 saturated heterocycles. The Balaban J connectivity index is 2.40. The van der Waals surface area contributed by atoms with E-state index in [-0.39, 0.29) is 0 Å². The van der Waals surface area contributed by atoms with Gasteiger partial charge in [-0.25, -0.2) is 0 Å². The Morgan fingerprint density at radius 1 is 1.62 bits per heavy atom. The van der Waals surface area contributed by atoms with Crippen molar-refractivity contribution in [3.8, 4) is 0 Å². The van der Waals surface area contributed by atoms with E-state index in [1.807, 2.05) is 11.9 Å². The summed E-state index contributed by atoms with van der Waals surface area (Å²) >= 11 is 0. The first-order chi connectivity index (χ1) is 6.15. The average molecular weight is 183 g/mol. The van der Waals surface area contributed by atoms with Gasteiger partial charge in [0.05, 0.1) is 0 Å². The first-order valence-electron chi connectivity index (χ1n) is 5.39. The van der Waals surface area contributed by atoms with Gasteiger partial charge in [0, 0.05) is 20.0 Å². The molecule has 1 aliphatic heterocycles. The number of amides is 1. The fourth-order valence-corrected chi connectivity index (χ4v) is 2.14. The van der Waals surface area contributed by atoms with E-state index in [1.54, 1.807) is 0 Å². The highest BCUT2D eigenvalue weighted by atomic mass is 16.2. The number of rotatable bonds is 3. The fourth-order valence-electron chi connectivity index (χ4n) is 2.14. The van der Waals surface area contributed by atoms with Crippen molar-refractivity contribution in [2.24, 2.45) is 11.8 Å². The number of nitrogens with zero attached hydrogens (tertiary/aromatic N) is 1. The van der Waals surface area contributed by atoms with Gasteiger partial charge in [-0.3, -0.25) is 4.79 Å². The number of carbonyl (C=O) groups is 1. The maximum Gasteiger partial charge on any atom is 0.222 e. The number of likely N-dealkylation sites (tertiary alicyclic amines) is 1. The zero-order chi connectivity index (χ0) is 9.84. The Hall–Kier alpha value is -0.530. The molecule has 76 valence electrons. The summed E-state index contributed by atoms with van der Waals surface area (Å²) in [5, 5.41) is 0. The van der Waals surface area contributed by atoms with Crippen molar-refractivity contribution in [1.82, 2.24) is 4.90 Å². The quantitative estimate of drug-likeness (QED) is 0.657. The molecular weight excluding hydrogens is 162 g/mol. The lowest BCUT2D eigenvalue weighted by atomic mass is 9.83. The summed E-state index contributed by atoms with van der Waals surface area (Å²) in [4.78, 5) is 13.3. The Bertz CT molecular complexity index is 179. The normalized spacial score (nSPS) is 26.2. The van der Waals surface area contributed by atoms with Gasteiger partial charge in [-0.1, -0.05) is 26.7 Å². The van der Waals surface area contributed by atoms with Crippen molar-refractivity contribution >= 4 is 5.91 Å². The molecule has 0 N–H and O–H groups in total. The third-order valence-corrected chi connectivity index (χ3v) is 3.25. The lowest BCUT2D eigenvalue weighted by molar-refractivity contribution is -0.134. The molecule has 0 aromatic rings. The van der Waals surface area contributed by atoms with Crippen LogP contribution in [0.5, 0.6) is 0 Å². The molecule has 1 aliphatic rings. The molecule has 1 fully saturated rings. The summed E-state index contributed by atoms with van der Waals surface area (Å²) in [6.07, 6.45) is 4.48. The molecule has 1 amide bonds. The Morgan fingerprint density at radius 3 is 2.85 bits per heavy atom. The van der Waals surface area contributed by atoms with Gasteiger partial charge in [0.2, 0.25) is 5.91 Å². The van der Waals surface area contributed by atoms with E-state index in [0.29, 0.717) is 11.8 Å². The van der Waals surface area contributed by atoms with E-state index in [4.69, 9.17) is 0 Å². The fraction of sp³-hybridized carbons (Fsp3) is 0.909. The smallest absolute Gasteiger partial charge is 0.222 e. The van der Waals surface area contributed by atoms with Crippen LogP contribution in [0.1, 0.15) is 39.5 Å². The summed E-state index contributed by atoms with van der Waals surface area (Å²) in [7, 11) is 1.91. The average Bonchev–Trinajstić information content (AvgIpc) is 2.10. The van der Waals surface area contributed by atoms with E-state index in [2.05, 4.69) is 13.8 Å². The highest BCUT2D eigenvalue weighted by Gasteiger charge is 2.26. The second kappa shape index (κ2) is 4.64. The van der Waals surface area contributed by atoms with E-state index in [1.165, 1.54) is 19.3 Å². The zero-order valence-corrected chi connectivity index (χ0v) is 9.05. The summed E-state index contributed by atoms with van der Waals surface area (Å²) in [6.45, 7) is 5.46. The Morgan fingerprint density at radius 2 is 2.31 bits per heavy atom. The lowest BCUT2D eigenvalue weighted by Gasteiger charge is -2.32. The first kappa shape index (κ1) is 10.6. The number of hydrogen-bond acceptors (Lipinski definition) is 1. The molecule has 0 aromatic heterocycles. The maximum absolute atomic E-state index is 11.4. The van der Waals surface area contributed by atoms with Crippen LogP contribution in [-0.2, 0) is 4.79 Å². The summed E-state index contributed by atoms with van der Waals surface area (Å²) in [5.41, 5.74) is 0. The first-order valence-corrected chi connectivity index (χ1v) is 5.39.